The molecule has 3 N–H and O–H groups in total. The zero-order valence-electron chi connectivity index (χ0n) is 11.4. The van der Waals surface area contributed by atoms with E-state index < -0.39 is 29.6 Å². The summed E-state index contributed by atoms with van der Waals surface area (Å²) in [5.41, 5.74) is -0.329. The molecule has 21 heavy (non-hydrogen) atoms. The van der Waals surface area contributed by atoms with E-state index in [4.69, 9.17) is 5.11 Å². The zero-order valence-corrected chi connectivity index (χ0v) is 13.0. The average molecular weight is 365 g/mol. The number of urea groups is 1. The predicted molar refractivity (Wildman–Crippen MR) is 77.0 cm³/mol. The predicted octanol–water partition coefficient (Wildman–Crippen LogP) is 3.21. The number of hydrogen-bond acceptors (Lipinski definition) is 2. The van der Waals surface area contributed by atoms with Gasteiger partial charge in [-0.2, -0.15) is 0 Å². The summed E-state index contributed by atoms with van der Waals surface area (Å²) in [7, 11) is 0. The summed E-state index contributed by atoms with van der Waals surface area (Å²) in [5.74, 6) is -3.51. The van der Waals surface area contributed by atoms with Gasteiger partial charge >= 0.3 is 12.0 Å². The van der Waals surface area contributed by atoms with Crippen LogP contribution in [-0.4, -0.2) is 23.7 Å². The van der Waals surface area contributed by atoms with Crippen LogP contribution in [0.5, 0.6) is 0 Å². The molecule has 116 valence electrons. The van der Waals surface area contributed by atoms with E-state index >= 15 is 0 Å². The monoisotopic (exact) mass is 364 g/mol. The van der Waals surface area contributed by atoms with Gasteiger partial charge in [-0.05, 0) is 27.9 Å². The third-order valence-corrected chi connectivity index (χ3v) is 3.47. The van der Waals surface area contributed by atoms with E-state index in [-0.39, 0.29) is 22.6 Å². The standard InChI is InChI=1S/C13H15BrF2N2O3/c1-6(2)7(12(19)20)5-17-13(21)18-11-4-9(15)8(14)3-10(11)16/h3-4,6-7H,5H2,1-2H3,(H,19,20)(H2,17,18,21). The van der Waals surface area contributed by atoms with E-state index in [1.54, 1.807) is 13.8 Å². The molecule has 8 heteroatoms. The van der Waals surface area contributed by atoms with Crippen LogP contribution in [0.3, 0.4) is 0 Å². The molecule has 2 amide bonds. The van der Waals surface area contributed by atoms with Crippen molar-refractivity contribution in [2.24, 2.45) is 11.8 Å². The molecule has 0 aliphatic heterocycles. The molecule has 5 nitrogen and oxygen atoms in total. The van der Waals surface area contributed by atoms with Crippen molar-refractivity contribution < 1.29 is 23.5 Å². The number of benzene rings is 1. The Labute approximate surface area is 128 Å². The van der Waals surface area contributed by atoms with E-state index in [1.807, 2.05) is 0 Å². The molecule has 1 atom stereocenters. The number of anilines is 1. The Kier molecular flexibility index (Phi) is 6.07. The van der Waals surface area contributed by atoms with Crippen molar-refractivity contribution in [3.63, 3.8) is 0 Å². The fourth-order valence-electron chi connectivity index (χ4n) is 1.60. The largest absolute Gasteiger partial charge is 0.481 e. The minimum atomic E-state index is -1.04. The summed E-state index contributed by atoms with van der Waals surface area (Å²) < 4.78 is 26.7. The van der Waals surface area contributed by atoms with Crippen molar-refractivity contribution in [1.82, 2.24) is 5.32 Å². The van der Waals surface area contributed by atoms with Gasteiger partial charge in [0.15, 0.2) is 0 Å². The normalized spacial score (nSPS) is 12.1. The summed E-state index contributed by atoms with van der Waals surface area (Å²) in [6, 6.07) is 0.914. The van der Waals surface area contributed by atoms with E-state index in [0.717, 1.165) is 12.1 Å². The molecule has 1 aromatic rings. The van der Waals surface area contributed by atoms with Crippen LogP contribution in [0.15, 0.2) is 16.6 Å². The average Bonchev–Trinajstić information content (AvgIpc) is 2.35. The summed E-state index contributed by atoms with van der Waals surface area (Å²) in [5, 5.41) is 13.4. The van der Waals surface area contributed by atoms with Crippen LogP contribution in [-0.2, 0) is 4.79 Å². The number of aliphatic carboxylic acids is 1. The van der Waals surface area contributed by atoms with Crippen molar-refractivity contribution in [3.05, 3.63) is 28.2 Å². The van der Waals surface area contributed by atoms with Crippen LogP contribution >= 0.6 is 15.9 Å². The molecule has 0 aliphatic carbocycles. The molecule has 0 heterocycles. The van der Waals surface area contributed by atoms with Gasteiger partial charge in [-0.1, -0.05) is 13.8 Å². The summed E-state index contributed by atoms with van der Waals surface area (Å²) in [4.78, 5) is 22.6. The Morgan fingerprint density at radius 3 is 2.43 bits per heavy atom. The number of hydrogen-bond donors (Lipinski definition) is 3. The Morgan fingerprint density at radius 1 is 1.29 bits per heavy atom. The van der Waals surface area contributed by atoms with Crippen LogP contribution < -0.4 is 10.6 Å². The molecule has 1 aromatic carbocycles. The number of amides is 2. The molecule has 0 radical (unpaired) electrons. The van der Waals surface area contributed by atoms with Gasteiger partial charge in [0.2, 0.25) is 0 Å². The number of carboxylic acids is 1. The molecule has 1 rings (SSSR count). The summed E-state index contributed by atoms with van der Waals surface area (Å²) >= 11 is 2.82. The first-order valence-electron chi connectivity index (χ1n) is 6.14. The fourth-order valence-corrected chi connectivity index (χ4v) is 1.91. The molecule has 0 spiro atoms. The van der Waals surface area contributed by atoms with Gasteiger partial charge in [0.05, 0.1) is 16.1 Å². The highest BCUT2D eigenvalue weighted by atomic mass is 79.9. The van der Waals surface area contributed by atoms with Gasteiger partial charge in [0.25, 0.3) is 0 Å². The van der Waals surface area contributed by atoms with E-state index in [2.05, 4.69) is 26.6 Å². The number of rotatable bonds is 5. The lowest BCUT2D eigenvalue weighted by Crippen LogP contribution is -2.38. The van der Waals surface area contributed by atoms with E-state index in [9.17, 15) is 18.4 Å². The van der Waals surface area contributed by atoms with Gasteiger partial charge in [0.1, 0.15) is 11.6 Å². The molecular formula is C13H15BrF2N2O3. The Hall–Kier alpha value is -1.70. The number of halogens is 3. The fraction of sp³-hybridized carbons (Fsp3) is 0.385. The molecule has 0 bridgehead atoms. The topological polar surface area (TPSA) is 78.4 Å². The molecule has 0 saturated heterocycles. The first-order valence-corrected chi connectivity index (χ1v) is 6.94. The van der Waals surface area contributed by atoms with Gasteiger partial charge in [-0.25, -0.2) is 13.6 Å². The van der Waals surface area contributed by atoms with Gasteiger partial charge in [-0.15, -0.1) is 0 Å². The van der Waals surface area contributed by atoms with Crippen LogP contribution in [0.25, 0.3) is 0 Å². The van der Waals surface area contributed by atoms with Crippen molar-refractivity contribution >= 4 is 33.6 Å². The molecule has 0 fully saturated rings. The quantitative estimate of drug-likeness (QED) is 0.702. The molecule has 0 aromatic heterocycles. The number of carbonyl (C=O) groups excluding carboxylic acids is 1. The van der Waals surface area contributed by atoms with Gasteiger partial charge in [-0.3, -0.25) is 4.79 Å². The lowest BCUT2D eigenvalue weighted by Gasteiger charge is -2.17. The smallest absolute Gasteiger partial charge is 0.319 e. The number of nitrogens with one attached hydrogen (secondary N) is 2. The van der Waals surface area contributed by atoms with Crippen molar-refractivity contribution in [1.29, 1.82) is 0 Å². The maximum Gasteiger partial charge on any atom is 0.319 e. The van der Waals surface area contributed by atoms with Crippen molar-refractivity contribution in [2.75, 3.05) is 11.9 Å². The van der Waals surface area contributed by atoms with Crippen LogP contribution in [0.2, 0.25) is 0 Å². The molecule has 0 aliphatic rings. The first-order chi connectivity index (χ1) is 9.72. The summed E-state index contributed by atoms with van der Waals surface area (Å²) in [6.45, 7) is 3.31. The van der Waals surface area contributed by atoms with Gasteiger partial charge < -0.3 is 15.7 Å². The second-order valence-electron chi connectivity index (χ2n) is 4.77. The second kappa shape index (κ2) is 7.35. The highest BCUT2D eigenvalue weighted by Gasteiger charge is 2.22. The zero-order chi connectivity index (χ0) is 16.2. The lowest BCUT2D eigenvalue weighted by molar-refractivity contribution is -0.142. The molecular weight excluding hydrogens is 350 g/mol. The Balaban J connectivity index is 2.66. The number of carboxylic acid groups (broad SMARTS) is 1. The third-order valence-electron chi connectivity index (χ3n) is 2.86. The molecule has 0 saturated carbocycles. The minimum absolute atomic E-state index is 0.0586. The summed E-state index contributed by atoms with van der Waals surface area (Å²) in [6.07, 6.45) is 0. The van der Waals surface area contributed by atoms with Crippen molar-refractivity contribution in [3.8, 4) is 0 Å². The Bertz CT molecular complexity index is 552. The maximum atomic E-state index is 13.5. The minimum Gasteiger partial charge on any atom is -0.481 e. The molecule has 1 unspecified atom stereocenters. The first kappa shape index (κ1) is 17.4. The number of carbonyl (C=O) groups is 2. The van der Waals surface area contributed by atoms with Crippen LogP contribution in [0.1, 0.15) is 13.8 Å². The van der Waals surface area contributed by atoms with Crippen molar-refractivity contribution in [2.45, 2.75) is 13.8 Å². The SMILES string of the molecule is CC(C)C(CNC(=O)Nc1cc(F)c(Br)cc1F)C(=O)O. The highest BCUT2D eigenvalue weighted by molar-refractivity contribution is 9.10. The highest BCUT2D eigenvalue weighted by Crippen LogP contribution is 2.23. The Morgan fingerprint density at radius 2 is 1.90 bits per heavy atom. The van der Waals surface area contributed by atoms with Crippen LogP contribution in [0, 0.1) is 23.5 Å². The van der Waals surface area contributed by atoms with Crippen LogP contribution in [0.4, 0.5) is 19.3 Å². The maximum absolute atomic E-state index is 13.5. The van der Waals surface area contributed by atoms with E-state index in [1.165, 1.54) is 0 Å². The van der Waals surface area contributed by atoms with E-state index in [0.29, 0.717) is 0 Å². The lowest BCUT2D eigenvalue weighted by atomic mass is 9.96. The third kappa shape index (κ3) is 4.96. The van der Waals surface area contributed by atoms with Gasteiger partial charge in [0, 0.05) is 12.6 Å². The second-order valence-corrected chi connectivity index (χ2v) is 5.62.